The molecule has 9 nitrogen and oxygen atoms in total. The lowest BCUT2D eigenvalue weighted by atomic mass is 10.0. The number of H-pyrrole nitrogens is 1. The molecule has 5 rings (SSSR count). The van der Waals surface area contributed by atoms with Gasteiger partial charge in [0, 0.05) is 55.8 Å². The summed E-state index contributed by atoms with van der Waals surface area (Å²) >= 11 is 0. The van der Waals surface area contributed by atoms with Gasteiger partial charge in [-0.2, -0.15) is 0 Å². The number of nitrogens with zero attached hydrogens (tertiary/aromatic N) is 4. The van der Waals surface area contributed by atoms with Crippen LogP contribution < -0.4 is 5.32 Å². The van der Waals surface area contributed by atoms with Crippen molar-refractivity contribution < 1.29 is 14.4 Å². The summed E-state index contributed by atoms with van der Waals surface area (Å²) in [5.41, 5.74) is 4.65. The number of carbonyl (C=O) groups is 3. The predicted molar refractivity (Wildman–Crippen MR) is 106 cm³/mol. The Bertz CT molecular complexity index is 1050. The first-order valence-electron chi connectivity index (χ1n) is 9.80. The summed E-state index contributed by atoms with van der Waals surface area (Å²) in [4.78, 5) is 47.5. The van der Waals surface area contributed by atoms with E-state index >= 15 is 0 Å². The number of likely N-dealkylation sites (N-methyl/N-ethyl adjacent to an activating group) is 2. The summed E-state index contributed by atoms with van der Waals surface area (Å²) in [6.07, 6.45) is -0.147. The zero-order valence-corrected chi connectivity index (χ0v) is 16.7. The van der Waals surface area contributed by atoms with Crippen LogP contribution >= 0.6 is 0 Å². The molecule has 2 saturated heterocycles. The molecule has 0 spiro atoms. The minimum Gasteiger partial charge on any atom is -0.358 e. The maximum atomic E-state index is 13.1. The van der Waals surface area contributed by atoms with Crippen LogP contribution in [0.1, 0.15) is 16.8 Å². The van der Waals surface area contributed by atoms with E-state index in [-0.39, 0.29) is 24.5 Å². The van der Waals surface area contributed by atoms with Gasteiger partial charge in [0.25, 0.3) is 0 Å². The van der Waals surface area contributed by atoms with Crippen LogP contribution in [-0.2, 0) is 17.8 Å². The molecule has 152 valence electrons. The van der Waals surface area contributed by atoms with Crippen molar-refractivity contribution in [2.75, 3.05) is 27.2 Å². The van der Waals surface area contributed by atoms with Crippen molar-refractivity contribution in [3.63, 3.8) is 0 Å². The zero-order valence-electron chi connectivity index (χ0n) is 16.7. The van der Waals surface area contributed by atoms with E-state index in [1.54, 1.807) is 19.0 Å². The monoisotopic (exact) mass is 396 g/mol. The Labute approximate surface area is 168 Å². The fourth-order valence-electron chi connectivity index (χ4n) is 4.78. The van der Waals surface area contributed by atoms with Gasteiger partial charge in [-0.15, -0.1) is 0 Å². The highest BCUT2D eigenvalue weighted by Gasteiger charge is 2.53. The molecule has 2 atom stereocenters. The lowest BCUT2D eigenvalue weighted by Gasteiger charge is -2.31. The maximum absolute atomic E-state index is 13.1. The van der Waals surface area contributed by atoms with Crippen molar-refractivity contribution in [1.29, 1.82) is 0 Å². The van der Waals surface area contributed by atoms with Gasteiger partial charge >= 0.3 is 12.1 Å². The second kappa shape index (κ2) is 6.13. The molecule has 0 radical (unpaired) electrons. The van der Waals surface area contributed by atoms with Crippen molar-refractivity contribution >= 4 is 28.9 Å². The molecule has 2 aromatic rings. The van der Waals surface area contributed by atoms with Crippen molar-refractivity contribution in [2.24, 2.45) is 0 Å². The molecule has 0 aliphatic carbocycles. The smallest absolute Gasteiger partial charge is 0.323 e. The number of fused-ring (bicyclic) bond motifs is 4. The Morgan fingerprint density at radius 3 is 2.79 bits per heavy atom. The Morgan fingerprint density at radius 1 is 1.21 bits per heavy atom. The van der Waals surface area contributed by atoms with Gasteiger partial charge < -0.3 is 25.0 Å². The molecule has 2 N–H and O–H groups in total. The number of urea groups is 2. The van der Waals surface area contributed by atoms with E-state index in [2.05, 4.69) is 29.4 Å². The molecule has 4 heterocycles. The van der Waals surface area contributed by atoms with E-state index in [1.165, 1.54) is 26.0 Å². The third-order valence-corrected chi connectivity index (χ3v) is 6.43. The van der Waals surface area contributed by atoms with Crippen LogP contribution in [0.4, 0.5) is 9.59 Å². The topological polar surface area (TPSA) is 92.0 Å². The minimum absolute atomic E-state index is 0.0465. The highest BCUT2D eigenvalue weighted by molar-refractivity contribution is 5.90. The molecule has 0 bridgehead atoms. The number of carbonyl (C=O) groups excluding carboxylic acids is 3. The third-order valence-electron chi connectivity index (χ3n) is 6.43. The van der Waals surface area contributed by atoms with Gasteiger partial charge in [0.1, 0.15) is 18.9 Å². The number of aromatic amines is 1. The van der Waals surface area contributed by atoms with Crippen molar-refractivity contribution in [3.8, 4) is 0 Å². The Morgan fingerprint density at radius 2 is 2.00 bits per heavy atom. The standard InChI is InChI=1S/C20H24N6O3/c1-11-5-4-6-12-13-9-25(8-7-14(13)21-16(11)12)15(27)10-26-18-17(22-19(26)28)23(2)20(29)24(18)3/h4-6,17-18,21H,7-10H2,1-3H3,(H,22,28)/t17-,18+/m1/s1. The van der Waals surface area contributed by atoms with Crippen LogP contribution in [0.25, 0.3) is 10.9 Å². The molecule has 3 aliphatic heterocycles. The average molecular weight is 396 g/mol. The highest BCUT2D eigenvalue weighted by atomic mass is 16.2. The van der Waals surface area contributed by atoms with E-state index in [1.807, 2.05) is 6.07 Å². The molecule has 9 heteroatoms. The third kappa shape index (κ3) is 2.49. The second-order valence-electron chi connectivity index (χ2n) is 8.09. The first-order chi connectivity index (χ1) is 13.9. The van der Waals surface area contributed by atoms with Crippen molar-refractivity contribution in [3.05, 3.63) is 35.0 Å². The number of amides is 5. The van der Waals surface area contributed by atoms with E-state index in [9.17, 15) is 14.4 Å². The van der Waals surface area contributed by atoms with E-state index in [4.69, 9.17) is 0 Å². The Hall–Kier alpha value is -3.23. The fraction of sp³-hybridized carbons (Fsp3) is 0.450. The molecule has 1 aromatic heterocycles. The number of aryl methyl sites for hydroxylation is 1. The van der Waals surface area contributed by atoms with Gasteiger partial charge in [0.2, 0.25) is 5.91 Å². The lowest BCUT2D eigenvalue weighted by Crippen LogP contribution is -2.50. The predicted octanol–water partition coefficient (Wildman–Crippen LogP) is 1.04. The van der Waals surface area contributed by atoms with Crippen molar-refractivity contribution in [1.82, 2.24) is 29.9 Å². The number of benzene rings is 1. The van der Waals surface area contributed by atoms with Crippen LogP contribution in [0.3, 0.4) is 0 Å². The van der Waals surface area contributed by atoms with Crippen LogP contribution in [-0.4, -0.2) is 82.1 Å². The number of hydrogen-bond donors (Lipinski definition) is 2. The van der Waals surface area contributed by atoms with Gasteiger partial charge in [-0.25, -0.2) is 9.59 Å². The number of nitrogens with one attached hydrogen (secondary N) is 2. The summed E-state index contributed by atoms with van der Waals surface area (Å²) in [5, 5.41) is 3.95. The summed E-state index contributed by atoms with van der Waals surface area (Å²) in [5.74, 6) is -0.108. The first kappa shape index (κ1) is 17.8. The molecule has 1 aromatic carbocycles. The molecule has 2 fully saturated rings. The van der Waals surface area contributed by atoms with Crippen LogP contribution in [0.5, 0.6) is 0 Å². The average Bonchev–Trinajstić information content (AvgIpc) is 3.30. The van der Waals surface area contributed by atoms with Crippen molar-refractivity contribution in [2.45, 2.75) is 32.2 Å². The summed E-state index contributed by atoms with van der Waals surface area (Å²) in [6, 6.07) is 5.70. The normalized spacial score (nSPS) is 23.7. The summed E-state index contributed by atoms with van der Waals surface area (Å²) in [7, 11) is 3.31. The lowest BCUT2D eigenvalue weighted by molar-refractivity contribution is -0.133. The SMILES string of the molecule is Cc1cccc2c3c([nH]c12)CCN(C(=O)CN1C(=O)N[C@H]2[C@H]1N(C)C(=O)N2C)C3. The molecule has 3 aliphatic rings. The molecule has 5 amide bonds. The van der Waals surface area contributed by atoms with Gasteiger partial charge in [0.15, 0.2) is 0 Å². The minimum atomic E-state index is -0.472. The zero-order chi connectivity index (χ0) is 20.4. The number of hydrogen-bond acceptors (Lipinski definition) is 3. The Balaban J connectivity index is 1.36. The molecule has 29 heavy (non-hydrogen) atoms. The van der Waals surface area contributed by atoms with E-state index in [0.717, 1.165) is 22.9 Å². The molecular formula is C20H24N6O3. The van der Waals surface area contributed by atoms with Crippen LogP contribution in [0.2, 0.25) is 0 Å². The quantitative estimate of drug-likeness (QED) is 0.794. The van der Waals surface area contributed by atoms with Gasteiger partial charge in [0.05, 0.1) is 0 Å². The highest BCUT2D eigenvalue weighted by Crippen LogP contribution is 2.30. The number of aromatic nitrogens is 1. The van der Waals surface area contributed by atoms with Crippen LogP contribution in [0.15, 0.2) is 18.2 Å². The van der Waals surface area contributed by atoms with E-state index < -0.39 is 12.3 Å². The summed E-state index contributed by atoms with van der Waals surface area (Å²) < 4.78 is 0. The number of para-hydroxylation sites is 1. The maximum Gasteiger partial charge on any atom is 0.323 e. The molecule has 0 unspecified atom stereocenters. The van der Waals surface area contributed by atoms with Gasteiger partial charge in [-0.1, -0.05) is 18.2 Å². The number of rotatable bonds is 2. The first-order valence-corrected chi connectivity index (χ1v) is 9.80. The second-order valence-corrected chi connectivity index (χ2v) is 8.09. The Kier molecular flexibility index (Phi) is 3.77. The van der Waals surface area contributed by atoms with Crippen LogP contribution in [0, 0.1) is 6.92 Å². The fourth-order valence-corrected chi connectivity index (χ4v) is 4.78. The molecule has 0 saturated carbocycles. The van der Waals surface area contributed by atoms with E-state index in [0.29, 0.717) is 13.1 Å². The van der Waals surface area contributed by atoms with Gasteiger partial charge in [-0.3, -0.25) is 9.69 Å². The summed E-state index contributed by atoms with van der Waals surface area (Å²) in [6.45, 7) is 3.16. The van der Waals surface area contributed by atoms with Gasteiger partial charge in [-0.05, 0) is 12.5 Å². The largest absolute Gasteiger partial charge is 0.358 e. The molecular weight excluding hydrogens is 372 g/mol.